The van der Waals surface area contributed by atoms with E-state index in [1.807, 2.05) is 19.1 Å². The molecule has 0 amide bonds. The number of pyridine rings is 1. The number of fused-ring (bicyclic) bond motifs is 1. The highest BCUT2D eigenvalue weighted by Crippen LogP contribution is 2.32. The summed E-state index contributed by atoms with van der Waals surface area (Å²) in [4.78, 5) is 4.23. The number of hydrogen-bond donors (Lipinski definition) is 0. The molecule has 2 rings (SSSR count). The SMILES string of the molecule is Cc1cc2c(Cl)c(Br)cnc2cc1Cl. The third kappa shape index (κ3) is 1.62. The lowest BCUT2D eigenvalue weighted by Gasteiger charge is -2.04. The molecule has 0 N–H and O–H groups in total. The summed E-state index contributed by atoms with van der Waals surface area (Å²) in [5, 5.41) is 2.31. The van der Waals surface area contributed by atoms with Crippen LogP contribution in [0.5, 0.6) is 0 Å². The van der Waals surface area contributed by atoms with Crippen LogP contribution in [0, 0.1) is 6.92 Å². The molecule has 2 aromatic rings. The van der Waals surface area contributed by atoms with Gasteiger partial charge < -0.3 is 0 Å². The molecule has 0 saturated heterocycles. The lowest BCUT2D eigenvalue weighted by atomic mass is 10.1. The molecule has 14 heavy (non-hydrogen) atoms. The van der Waals surface area contributed by atoms with Gasteiger partial charge in [0.2, 0.25) is 0 Å². The Morgan fingerprint density at radius 2 is 2.00 bits per heavy atom. The molecule has 0 atom stereocenters. The highest BCUT2D eigenvalue weighted by atomic mass is 79.9. The maximum atomic E-state index is 6.12. The second-order valence-electron chi connectivity index (χ2n) is 3.04. The Kier molecular flexibility index (Phi) is 2.69. The molecule has 0 radical (unpaired) electrons. The standard InChI is InChI=1S/C10H6BrCl2N/c1-5-2-6-9(3-8(5)12)14-4-7(11)10(6)13/h2-4H,1H3. The summed E-state index contributed by atoms with van der Waals surface area (Å²) in [5.74, 6) is 0. The van der Waals surface area contributed by atoms with Crippen molar-refractivity contribution in [3.05, 3.63) is 38.4 Å². The van der Waals surface area contributed by atoms with Gasteiger partial charge in [-0.05, 0) is 40.5 Å². The van der Waals surface area contributed by atoms with E-state index in [-0.39, 0.29) is 0 Å². The van der Waals surface area contributed by atoms with Crippen molar-refractivity contribution >= 4 is 50.0 Å². The van der Waals surface area contributed by atoms with Crippen LogP contribution in [0.15, 0.2) is 22.8 Å². The van der Waals surface area contributed by atoms with Crippen LogP contribution in [0.25, 0.3) is 10.9 Å². The molecular formula is C10H6BrCl2N. The summed E-state index contributed by atoms with van der Waals surface area (Å²) < 4.78 is 0.799. The van der Waals surface area contributed by atoms with E-state index < -0.39 is 0 Å². The van der Waals surface area contributed by atoms with E-state index in [0.29, 0.717) is 10.0 Å². The Balaban J connectivity index is 2.89. The minimum atomic E-state index is 0.676. The molecule has 1 aromatic heterocycles. The summed E-state index contributed by atoms with van der Waals surface area (Å²) in [6.45, 7) is 1.94. The third-order valence-corrected chi connectivity index (χ3v) is 3.68. The second kappa shape index (κ2) is 3.69. The molecule has 0 aliphatic rings. The number of benzene rings is 1. The number of nitrogens with zero attached hydrogens (tertiary/aromatic N) is 1. The molecule has 0 spiro atoms. The highest BCUT2D eigenvalue weighted by Gasteiger charge is 2.06. The van der Waals surface area contributed by atoms with E-state index in [0.717, 1.165) is 20.9 Å². The smallest absolute Gasteiger partial charge is 0.0732 e. The Bertz CT molecular complexity index is 511. The molecule has 1 heterocycles. The van der Waals surface area contributed by atoms with E-state index in [1.165, 1.54) is 0 Å². The first-order chi connectivity index (χ1) is 6.59. The van der Waals surface area contributed by atoms with E-state index >= 15 is 0 Å². The van der Waals surface area contributed by atoms with E-state index in [1.54, 1.807) is 6.20 Å². The number of aryl methyl sites for hydroxylation is 1. The summed E-state index contributed by atoms with van der Waals surface area (Å²) in [5.41, 5.74) is 1.81. The summed E-state index contributed by atoms with van der Waals surface area (Å²) in [6, 6.07) is 3.77. The zero-order valence-corrected chi connectivity index (χ0v) is 10.4. The fraction of sp³-hybridized carbons (Fsp3) is 0.100. The minimum absolute atomic E-state index is 0.676. The Morgan fingerprint density at radius 3 is 2.71 bits per heavy atom. The van der Waals surface area contributed by atoms with Crippen molar-refractivity contribution < 1.29 is 0 Å². The number of aromatic nitrogens is 1. The van der Waals surface area contributed by atoms with Gasteiger partial charge in [0, 0.05) is 16.6 Å². The lowest BCUT2D eigenvalue weighted by Crippen LogP contribution is -1.84. The van der Waals surface area contributed by atoms with E-state index in [4.69, 9.17) is 23.2 Å². The van der Waals surface area contributed by atoms with Crippen LogP contribution in [0.2, 0.25) is 10.0 Å². The van der Waals surface area contributed by atoms with Gasteiger partial charge in [0.1, 0.15) is 0 Å². The fourth-order valence-electron chi connectivity index (χ4n) is 1.27. The Hall–Kier alpha value is -0.310. The average molecular weight is 291 g/mol. The minimum Gasteiger partial charge on any atom is -0.255 e. The molecule has 0 fully saturated rings. The summed E-state index contributed by atoms with van der Waals surface area (Å²) in [7, 11) is 0. The quantitative estimate of drug-likeness (QED) is 0.690. The van der Waals surface area contributed by atoms with Crippen molar-refractivity contribution in [2.75, 3.05) is 0 Å². The maximum absolute atomic E-state index is 6.12. The largest absolute Gasteiger partial charge is 0.255 e. The molecule has 0 bridgehead atoms. The molecule has 1 nitrogen and oxygen atoms in total. The van der Waals surface area contributed by atoms with Crippen LogP contribution >= 0.6 is 39.1 Å². The van der Waals surface area contributed by atoms with Crippen LogP contribution in [0.1, 0.15) is 5.56 Å². The van der Waals surface area contributed by atoms with Crippen molar-refractivity contribution in [1.82, 2.24) is 4.98 Å². The van der Waals surface area contributed by atoms with Gasteiger partial charge in [-0.15, -0.1) is 0 Å². The first-order valence-corrected chi connectivity index (χ1v) is 5.54. The number of halogens is 3. The van der Waals surface area contributed by atoms with Gasteiger partial charge in [0.25, 0.3) is 0 Å². The summed E-state index contributed by atoms with van der Waals surface area (Å²) >= 11 is 15.4. The summed E-state index contributed by atoms with van der Waals surface area (Å²) in [6.07, 6.45) is 1.68. The van der Waals surface area contributed by atoms with Gasteiger partial charge in [0.05, 0.1) is 15.0 Å². The first-order valence-electron chi connectivity index (χ1n) is 3.99. The zero-order chi connectivity index (χ0) is 10.3. The molecule has 0 unspecified atom stereocenters. The van der Waals surface area contributed by atoms with Crippen LogP contribution in [-0.2, 0) is 0 Å². The number of rotatable bonds is 0. The monoisotopic (exact) mass is 289 g/mol. The average Bonchev–Trinajstić information content (AvgIpc) is 2.15. The first kappa shape index (κ1) is 10.2. The molecule has 0 aliphatic heterocycles. The van der Waals surface area contributed by atoms with Crippen LogP contribution < -0.4 is 0 Å². The van der Waals surface area contributed by atoms with Gasteiger partial charge in [-0.25, -0.2) is 0 Å². The third-order valence-electron chi connectivity index (χ3n) is 2.04. The highest BCUT2D eigenvalue weighted by molar-refractivity contribution is 9.10. The Labute approximate surface area is 100 Å². The van der Waals surface area contributed by atoms with E-state index in [9.17, 15) is 0 Å². The van der Waals surface area contributed by atoms with Crippen molar-refractivity contribution in [3.63, 3.8) is 0 Å². The van der Waals surface area contributed by atoms with Crippen LogP contribution in [-0.4, -0.2) is 4.98 Å². The van der Waals surface area contributed by atoms with Gasteiger partial charge in [-0.2, -0.15) is 0 Å². The van der Waals surface area contributed by atoms with Gasteiger partial charge in [0.15, 0.2) is 0 Å². The van der Waals surface area contributed by atoms with Crippen molar-refractivity contribution in [2.24, 2.45) is 0 Å². The van der Waals surface area contributed by atoms with Crippen molar-refractivity contribution in [3.8, 4) is 0 Å². The topological polar surface area (TPSA) is 12.9 Å². The molecule has 1 aromatic carbocycles. The Morgan fingerprint density at radius 1 is 1.29 bits per heavy atom. The van der Waals surface area contributed by atoms with Crippen molar-refractivity contribution in [1.29, 1.82) is 0 Å². The molecule has 72 valence electrons. The van der Waals surface area contributed by atoms with E-state index in [2.05, 4.69) is 20.9 Å². The molecule has 0 saturated carbocycles. The predicted octanol–water partition coefficient (Wildman–Crippen LogP) is 4.61. The van der Waals surface area contributed by atoms with Gasteiger partial charge >= 0.3 is 0 Å². The van der Waals surface area contributed by atoms with Gasteiger partial charge in [-0.3, -0.25) is 4.98 Å². The van der Waals surface area contributed by atoms with Gasteiger partial charge in [-0.1, -0.05) is 23.2 Å². The lowest BCUT2D eigenvalue weighted by molar-refractivity contribution is 1.37. The second-order valence-corrected chi connectivity index (χ2v) is 4.68. The normalized spacial score (nSPS) is 10.9. The predicted molar refractivity (Wildman–Crippen MR) is 64.2 cm³/mol. The zero-order valence-electron chi connectivity index (χ0n) is 7.31. The number of hydrogen-bond acceptors (Lipinski definition) is 1. The maximum Gasteiger partial charge on any atom is 0.0732 e. The molecule has 0 aliphatic carbocycles. The van der Waals surface area contributed by atoms with Crippen LogP contribution in [0.3, 0.4) is 0 Å². The molecular weight excluding hydrogens is 285 g/mol. The molecule has 4 heteroatoms. The van der Waals surface area contributed by atoms with Crippen molar-refractivity contribution in [2.45, 2.75) is 6.92 Å². The fourth-order valence-corrected chi connectivity index (χ4v) is 1.94. The van der Waals surface area contributed by atoms with Crippen LogP contribution in [0.4, 0.5) is 0 Å².